The third kappa shape index (κ3) is 10.4. The van der Waals surface area contributed by atoms with Crippen molar-refractivity contribution in [1.82, 2.24) is 0 Å². The first kappa shape index (κ1) is 11.4. The summed E-state index contributed by atoms with van der Waals surface area (Å²) in [7, 11) is 0. The highest BCUT2D eigenvalue weighted by Crippen LogP contribution is 2.01. The molecule has 0 heterocycles. The van der Waals surface area contributed by atoms with Gasteiger partial charge in [-0.15, -0.1) is 0 Å². The van der Waals surface area contributed by atoms with Crippen molar-refractivity contribution in [3.05, 3.63) is 0 Å². The van der Waals surface area contributed by atoms with Gasteiger partial charge in [0.15, 0.2) is 0 Å². The van der Waals surface area contributed by atoms with Crippen molar-refractivity contribution in [2.75, 3.05) is 25.2 Å². The van der Waals surface area contributed by atoms with E-state index in [1.165, 1.54) is 19.3 Å². The summed E-state index contributed by atoms with van der Waals surface area (Å²) < 4.78 is 5.10. The van der Waals surface area contributed by atoms with Crippen LogP contribution in [-0.4, -0.2) is 30.3 Å². The smallest absolute Gasteiger partial charge is 0.0697 e. The molecule has 0 bridgehead atoms. The minimum absolute atomic E-state index is 0.140. The topological polar surface area (TPSA) is 29.5 Å². The lowest BCUT2D eigenvalue weighted by Gasteiger charge is -2.00. The number of rotatable bonds is 8. The van der Waals surface area contributed by atoms with Gasteiger partial charge in [0.2, 0.25) is 0 Å². The molecule has 0 spiro atoms. The molecule has 1 N–H and O–H groups in total. The number of alkyl halides is 1. The molecule has 0 aromatic rings. The Balaban J connectivity index is 2.69. The van der Waals surface area contributed by atoms with Crippen LogP contribution in [0.25, 0.3) is 0 Å². The van der Waals surface area contributed by atoms with Crippen LogP contribution in [0.5, 0.6) is 0 Å². The van der Waals surface area contributed by atoms with Gasteiger partial charge < -0.3 is 9.84 Å². The lowest BCUT2D eigenvalue weighted by Crippen LogP contribution is -2.00. The monoisotopic (exact) mass is 224 g/mol. The molecule has 0 unspecified atom stereocenters. The second-order valence-corrected chi connectivity index (χ2v) is 3.23. The summed E-state index contributed by atoms with van der Waals surface area (Å²) in [5.74, 6) is 0. The molecule has 0 aliphatic carbocycles. The van der Waals surface area contributed by atoms with Gasteiger partial charge in [0, 0.05) is 11.9 Å². The first-order valence-corrected chi connectivity index (χ1v) is 5.28. The van der Waals surface area contributed by atoms with Crippen molar-refractivity contribution in [2.24, 2.45) is 0 Å². The Bertz CT molecular complexity index is 61.1. The van der Waals surface area contributed by atoms with Crippen LogP contribution in [0, 0.1) is 0 Å². The van der Waals surface area contributed by atoms with E-state index in [1.807, 2.05) is 0 Å². The van der Waals surface area contributed by atoms with E-state index in [4.69, 9.17) is 9.84 Å². The molecule has 2 nitrogen and oxygen atoms in total. The molecular weight excluding hydrogens is 208 g/mol. The summed E-state index contributed by atoms with van der Waals surface area (Å²) in [5.41, 5.74) is 0. The molecular formula is C8H17BrO2. The molecule has 68 valence electrons. The number of aliphatic hydroxyl groups excluding tert-OH is 1. The standard InChI is InChI=1S/C8H17BrO2/c9-5-3-1-2-4-7-11-8-6-10/h10H,1-8H2. The summed E-state index contributed by atoms with van der Waals surface area (Å²) in [6.07, 6.45) is 4.87. The van der Waals surface area contributed by atoms with Gasteiger partial charge in [-0.1, -0.05) is 28.8 Å². The lowest BCUT2D eigenvalue weighted by molar-refractivity contribution is 0.0896. The van der Waals surface area contributed by atoms with Crippen LogP contribution in [0.2, 0.25) is 0 Å². The summed E-state index contributed by atoms with van der Waals surface area (Å²) >= 11 is 3.38. The predicted molar refractivity (Wildman–Crippen MR) is 50.2 cm³/mol. The summed E-state index contributed by atoms with van der Waals surface area (Å²) in [4.78, 5) is 0. The number of halogens is 1. The van der Waals surface area contributed by atoms with Crippen LogP contribution in [0.4, 0.5) is 0 Å². The van der Waals surface area contributed by atoms with Crippen molar-refractivity contribution < 1.29 is 9.84 Å². The van der Waals surface area contributed by atoms with E-state index in [-0.39, 0.29) is 6.61 Å². The zero-order valence-corrected chi connectivity index (χ0v) is 8.48. The molecule has 0 amide bonds. The molecule has 0 aromatic carbocycles. The summed E-state index contributed by atoms with van der Waals surface area (Å²) in [6, 6.07) is 0. The van der Waals surface area contributed by atoms with Gasteiger partial charge in [-0.05, 0) is 12.8 Å². The van der Waals surface area contributed by atoms with Crippen molar-refractivity contribution in [3.63, 3.8) is 0 Å². The minimum atomic E-state index is 0.140. The maximum absolute atomic E-state index is 8.38. The van der Waals surface area contributed by atoms with Gasteiger partial charge in [0.25, 0.3) is 0 Å². The van der Waals surface area contributed by atoms with Gasteiger partial charge in [-0.2, -0.15) is 0 Å². The number of hydrogen-bond acceptors (Lipinski definition) is 2. The maximum atomic E-state index is 8.38. The molecule has 0 saturated heterocycles. The van der Waals surface area contributed by atoms with Crippen molar-refractivity contribution in [1.29, 1.82) is 0 Å². The van der Waals surface area contributed by atoms with Gasteiger partial charge in [-0.25, -0.2) is 0 Å². The Labute approximate surface area is 77.1 Å². The fraction of sp³-hybridized carbons (Fsp3) is 1.00. The molecule has 3 heteroatoms. The minimum Gasteiger partial charge on any atom is -0.394 e. The molecule has 0 fully saturated rings. The third-order valence-electron chi connectivity index (χ3n) is 1.41. The van der Waals surface area contributed by atoms with Crippen LogP contribution in [-0.2, 0) is 4.74 Å². The second kappa shape index (κ2) is 10.4. The van der Waals surface area contributed by atoms with E-state index in [0.29, 0.717) is 6.61 Å². The molecule has 0 aliphatic rings. The van der Waals surface area contributed by atoms with Gasteiger partial charge in [0.05, 0.1) is 13.2 Å². The Hall–Kier alpha value is 0.400. The number of unbranched alkanes of at least 4 members (excludes halogenated alkanes) is 3. The van der Waals surface area contributed by atoms with Crippen molar-refractivity contribution in [2.45, 2.75) is 25.7 Å². The molecule has 0 aromatic heterocycles. The average molecular weight is 225 g/mol. The fourth-order valence-corrected chi connectivity index (χ4v) is 1.22. The largest absolute Gasteiger partial charge is 0.394 e. The first-order valence-electron chi connectivity index (χ1n) is 4.16. The van der Waals surface area contributed by atoms with E-state index in [9.17, 15) is 0 Å². The number of ether oxygens (including phenoxy) is 1. The number of aliphatic hydroxyl groups is 1. The normalized spacial score (nSPS) is 10.4. The molecule has 0 aliphatic heterocycles. The van der Waals surface area contributed by atoms with Crippen molar-refractivity contribution in [3.8, 4) is 0 Å². The highest BCUT2D eigenvalue weighted by Gasteiger charge is 1.89. The Morgan fingerprint density at radius 3 is 2.36 bits per heavy atom. The van der Waals surface area contributed by atoms with Crippen LogP contribution in [0.15, 0.2) is 0 Å². The lowest BCUT2D eigenvalue weighted by atomic mass is 10.2. The molecule has 0 saturated carbocycles. The molecule has 0 atom stereocenters. The van der Waals surface area contributed by atoms with Crippen LogP contribution < -0.4 is 0 Å². The first-order chi connectivity index (χ1) is 5.41. The average Bonchev–Trinajstić information content (AvgIpc) is 2.03. The quantitative estimate of drug-likeness (QED) is 0.505. The molecule has 11 heavy (non-hydrogen) atoms. The zero-order valence-electron chi connectivity index (χ0n) is 6.89. The Kier molecular flexibility index (Phi) is 10.8. The highest BCUT2D eigenvalue weighted by molar-refractivity contribution is 9.09. The highest BCUT2D eigenvalue weighted by atomic mass is 79.9. The van der Waals surface area contributed by atoms with Gasteiger partial charge in [0.1, 0.15) is 0 Å². The summed E-state index contributed by atoms with van der Waals surface area (Å²) in [6.45, 7) is 1.42. The fourth-order valence-electron chi connectivity index (χ4n) is 0.819. The Morgan fingerprint density at radius 1 is 1.00 bits per heavy atom. The predicted octanol–water partition coefficient (Wildman–Crippen LogP) is 1.95. The third-order valence-corrected chi connectivity index (χ3v) is 1.97. The van der Waals surface area contributed by atoms with E-state index in [2.05, 4.69) is 15.9 Å². The van der Waals surface area contributed by atoms with Crippen LogP contribution >= 0.6 is 15.9 Å². The van der Waals surface area contributed by atoms with Crippen LogP contribution in [0.3, 0.4) is 0 Å². The zero-order chi connectivity index (χ0) is 8.36. The summed E-state index contributed by atoms with van der Waals surface area (Å²) in [5, 5.41) is 9.48. The van der Waals surface area contributed by atoms with Gasteiger partial charge >= 0.3 is 0 Å². The molecule has 0 radical (unpaired) electrons. The van der Waals surface area contributed by atoms with E-state index >= 15 is 0 Å². The SMILES string of the molecule is OCCOCCCCCCBr. The van der Waals surface area contributed by atoms with Gasteiger partial charge in [-0.3, -0.25) is 0 Å². The second-order valence-electron chi connectivity index (χ2n) is 2.44. The van der Waals surface area contributed by atoms with Crippen molar-refractivity contribution >= 4 is 15.9 Å². The van der Waals surface area contributed by atoms with E-state index < -0.39 is 0 Å². The van der Waals surface area contributed by atoms with E-state index in [1.54, 1.807) is 0 Å². The molecule has 0 rings (SSSR count). The Morgan fingerprint density at radius 2 is 1.73 bits per heavy atom. The van der Waals surface area contributed by atoms with Crippen LogP contribution in [0.1, 0.15) is 25.7 Å². The number of hydrogen-bond donors (Lipinski definition) is 1. The maximum Gasteiger partial charge on any atom is 0.0697 e. The van der Waals surface area contributed by atoms with E-state index in [0.717, 1.165) is 18.4 Å².